The van der Waals surface area contributed by atoms with Crippen molar-refractivity contribution in [1.82, 2.24) is 9.97 Å². The monoisotopic (exact) mass is 252 g/mol. The predicted octanol–water partition coefficient (Wildman–Crippen LogP) is 3.70. The summed E-state index contributed by atoms with van der Waals surface area (Å²) in [6, 6.07) is 4.04. The summed E-state index contributed by atoms with van der Waals surface area (Å²) < 4.78 is 27.2. The standard InChI is InChI=1S/C12H10F2N2S/c1-6-11(15-7(2)16-12(6)17)8-4-3-5-9(13)10(8)14/h3-5H,1-2H3,(H,15,16,17). The summed E-state index contributed by atoms with van der Waals surface area (Å²) in [6.45, 7) is 3.45. The molecule has 2 aromatic rings. The van der Waals surface area contributed by atoms with Crippen molar-refractivity contribution in [3.05, 3.63) is 45.9 Å². The molecule has 5 heteroatoms. The second kappa shape index (κ2) is 4.33. The Balaban J connectivity index is 2.77. The normalized spacial score (nSPS) is 10.6. The van der Waals surface area contributed by atoms with Gasteiger partial charge in [-0.2, -0.15) is 0 Å². The number of aryl methyl sites for hydroxylation is 1. The molecule has 0 amide bonds. The summed E-state index contributed by atoms with van der Waals surface area (Å²) >= 11 is 5.06. The molecule has 1 N–H and O–H groups in total. The second-order valence-corrected chi connectivity index (χ2v) is 4.12. The van der Waals surface area contributed by atoms with Crippen LogP contribution >= 0.6 is 12.2 Å². The first kappa shape index (κ1) is 11.9. The fourth-order valence-electron chi connectivity index (χ4n) is 1.61. The van der Waals surface area contributed by atoms with Gasteiger partial charge in [-0.15, -0.1) is 0 Å². The zero-order chi connectivity index (χ0) is 12.6. The van der Waals surface area contributed by atoms with Crippen LogP contribution in [0.3, 0.4) is 0 Å². The lowest BCUT2D eigenvalue weighted by Gasteiger charge is -2.09. The van der Waals surface area contributed by atoms with Gasteiger partial charge in [0.05, 0.1) is 5.69 Å². The molecule has 0 fully saturated rings. The van der Waals surface area contributed by atoms with Gasteiger partial charge in [-0.05, 0) is 26.0 Å². The van der Waals surface area contributed by atoms with Gasteiger partial charge in [0, 0.05) is 11.1 Å². The van der Waals surface area contributed by atoms with Crippen molar-refractivity contribution >= 4 is 12.2 Å². The van der Waals surface area contributed by atoms with Gasteiger partial charge in [-0.3, -0.25) is 0 Å². The zero-order valence-electron chi connectivity index (χ0n) is 9.34. The smallest absolute Gasteiger partial charge is 0.168 e. The molecule has 0 unspecified atom stereocenters. The van der Waals surface area contributed by atoms with Crippen molar-refractivity contribution in [1.29, 1.82) is 0 Å². The number of aromatic nitrogens is 2. The molecule has 1 heterocycles. The topological polar surface area (TPSA) is 28.7 Å². The maximum atomic E-state index is 13.7. The minimum absolute atomic E-state index is 0.166. The fourth-order valence-corrected chi connectivity index (χ4v) is 1.85. The quantitative estimate of drug-likeness (QED) is 0.784. The Hall–Kier alpha value is -1.62. The summed E-state index contributed by atoms with van der Waals surface area (Å²) in [7, 11) is 0. The van der Waals surface area contributed by atoms with Crippen LogP contribution in [0.2, 0.25) is 0 Å². The second-order valence-electron chi connectivity index (χ2n) is 3.73. The number of halogens is 2. The lowest BCUT2D eigenvalue weighted by atomic mass is 10.1. The third-order valence-electron chi connectivity index (χ3n) is 2.49. The van der Waals surface area contributed by atoms with E-state index < -0.39 is 11.6 Å². The van der Waals surface area contributed by atoms with Crippen LogP contribution in [0.25, 0.3) is 11.3 Å². The summed E-state index contributed by atoms with van der Waals surface area (Å²) in [4.78, 5) is 6.97. The first-order chi connectivity index (χ1) is 8.00. The number of hydrogen-bond donors (Lipinski definition) is 1. The van der Waals surface area contributed by atoms with Crippen LogP contribution in [0.1, 0.15) is 11.4 Å². The molecule has 0 radical (unpaired) electrons. The number of H-pyrrole nitrogens is 1. The van der Waals surface area contributed by atoms with E-state index in [1.165, 1.54) is 12.1 Å². The lowest BCUT2D eigenvalue weighted by molar-refractivity contribution is 0.511. The highest BCUT2D eigenvalue weighted by Gasteiger charge is 2.13. The van der Waals surface area contributed by atoms with Crippen LogP contribution in [0, 0.1) is 30.1 Å². The molecule has 0 aliphatic heterocycles. The van der Waals surface area contributed by atoms with E-state index in [1.54, 1.807) is 13.8 Å². The summed E-state index contributed by atoms with van der Waals surface area (Å²) in [6.07, 6.45) is 0. The minimum atomic E-state index is -0.883. The largest absolute Gasteiger partial charge is 0.343 e. The summed E-state index contributed by atoms with van der Waals surface area (Å²) in [5.74, 6) is -1.19. The Labute approximate surface area is 102 Å². The van der Waals surface area contributed by atoms with E-state index in [9.17, 15) is 8.78 Å². The van der Waals surface area contributed by atoms with Gasteiger partial charge >= 0.3 is 0 Å². The molecule has 2 nitrogen and oxygen atoms in total. The lowest BCUT2D eigenvalue weighted by Crippen LogP contribution is -1.99. The van der Waals surface area contributed by atoms with Crippen molar-refractivity contribution in [3.8, 4) is 11.3 Å². The van der Waals surface area contributed by atoms with Crippen molar-refractivity contribution in [2.75, 3.05) is 0 Å². The first-order valence-electron chi connectivity index (χ1n) is 5.02. The van der Waals surface area contributed by atoms with Crippen LogP contribution < -0.4 is 0 Å². The molecule has 0 atom stereocenters. The van der Waals surface area contributed by atoms with Crippen molar-refractivity contribution in [3.63, 3.8) is 0 Å². The van der Waals surface area contributed by atoms with Gasteiger partial charge in [-0.1, -0.05) is 18.3 Å². The Bertz CT molecular complexity index is 635. The Kier molecular flexibility index (Phi) is 3.02. The average molecular weight is 252 g/mol. The minimum Gasteiger partial charge on any atom is -0.343 e. The molecule has 0 aliphatic carbocycles. The van der Waals surface area contributed by atoms with E-state index >= 15 is 0 Å². The van der Waals surface area contributed by atoms with E-state index in [-0.39, 0.29) is 5.56 Å². The molecule has 1 aromatic carbocycles. The number of aromatic amines is 1. The number of benzene rings is 1. The molecule has 88 valence electrons. The van der Waals surface area contributed by atoms with Crippen molar-refractivity contribution < 1.29 is 8.78 Å². The number of nitrogens with one attached hydrogen (secondary N) is 1. The van der Waals surface area contributed by atoms with E-state index in [1.807, 2.05) is 0 Å². The molecule has 2 rings (SSSR count). The van der Waals surface area contributed by atoms with Gasteiger partial charge in [0.25, 0.3) is 0 Å². The van der Waals surface area contributed by atoms with Crippen LogP contribution in [0.5, 0.6) is 0 Å². The molecule has 0 saturated carbocycles. The maximum Gasteiger partial charge on any atom is 0.168 e. The molecular weight excluding hydrogens is 242 g/mol. The third-order valence-corrected chi connectivity index (χ3v) is 2.89. The molecule has 0 saturated heterocycles. The van der Waals surface area contributed by atoms with Crippen molar-refractivity contribution in [2.24, 2.45) is 0 Å². The number of nitrogens with zero attached hydrogens (tertiary/aromatic N) is 1. The molecular formula is C12H10F2N2S. The molecule has 1 aromatic heterocycles. The Morgan fingerprint density at radius 3 is 2.65 bits per heavy atom. The predicted molar refractivity (Wildman–Crippen MR) is 64.2 cm³/mol. The molecule has 0 aliphatic rings. The van der Waals surface area contributed by atoms with Crippen molar-refractivity contribution in [2.45, 2.75) is 13.8 Å². The van der Waals surface area contributed by atoms with E-state index in [0.717, 1.165) is 6.07 Å². The summed E-state index contributed by atoms with van der Waals surface area (Å²) in [5, 5.41) is 0. The Morgan fingerprint density at radius 1 is 1.24 bits per heavy atom. The highest BCUT2D eigenvalue weighted by atomic mass is 32.1. The van der Waals surface area contributed by atoms with Crippen LogP contribution in [0.15, 0.2) is 18.2 Å². The van der Waals surface area contributed by atoms with Gasteiger partial charge in [-0.25, -0.2) is 13.8 Å². The number of rotatable bonds is 1. The average Bonchev–Trinajstić information content (AvgIpc) is 2.27. The Morgan fingerprint density at radius 2 is 1.94 bits per heavy atom. The fraction of sp³-hybridized carbons (Fsp3) is 0.167. The highest BCUT2D eigenvalue weighted by molar-refractivity contribution is 7.71. The molecule has 0 spiro atoms. The maximum absolute atomic E-state index is 13.7. The van der Waals surface area contributed by atoms with Gasteiger partial charge in [0.2, 0.25) is 0 Å². The van der Waals surface area contributed by atoms with Crippen LogP contribution in [0.4, 0.5) is 8.78 Å². The van der Waals surface area contributed by atoms with Crippen LogP contribution in [-0.4, -0.2) is 9.97 Å². The van der Waals surface area contributed by atoms with Gasteiger partial charge in [0.15, 0.2) is 11.6 Å². The van der Waals surface area contributed by atoms with Gasteiger partial charge in [0.1, 0.15) is 10.5 Å². The van der Waals surface area contributed by atoms with Crippen LogP contribution in [-0.2, 0) is 0 Å². The van der Waals surface area contributed by atoms with E-state index in [0.29, 0.717) is 21.7 Å². The highest BCUT2D eigenvalue weighted by Crippen LogP contribution is 2.25. The van der Waals surface area contributed by atoms with E-state index in [4.69, 9.17) is 12.2 Å². The van der Waals surface area contributed by atoms with E-state index in [2.05, 4.69) is 9.97 Å². The number of hydrogen-bond acceptors (Lipinski definition) is 2. The SMILES string of the molecule is Cc1nc(=S)c(C)c(-c2cccc(F)c2F)[nH]1. The first-order valence-corrected chi connectivity index (χ1v) is 5.43. The zero-order valence-corrected chi connectivity index (χ0v) is 10.2. The third kappa shape index (κ3) is 2.10. The molecule has 0 bridgehead atoms. The molecule has 17 heavy (non-hydrogen) atoms. The summed E-state index contributed by atoms with van der Waals surface area (Å²) in [5.41, 5.74) is 1.27. The van der Waals surface area contributed by atoms with Gasteiger partial charge < -0.3 is 4.98 Å².